The second kappa shape index (κ2) is 19.4. The number of benzene rings is 3. The highest BCUT2D eigenvalue weighted by Gasteiger charge is 2.78. The molecule has 1 heterocycles. The lowest BCUT2D eigenvalue weighted by atomic mass is 9.70. The molecule has 0 spiro atoms. The molecule has 3 aromatic rings. The molecule has 5 unspecified atom stereocenters. The van der Waals surface area contributed by atoms with Crippen molar-refractivity contribution in [1.29, 1.82) is 0 Å². The number of carbonyl (C=O) groups is 1. The van der Waals surface area contributed by atoms with E-state index in [4.69, 9.17) is 29.4 Å². The highest BCUT2D eigenvalue weighted by atomic mass is 16.6. The number of aliphatic hydroxyl groups excluding tert-OH is 1. The second-order valence-corrected chi connectivity index (χ2v) is 13.7. The molecule has 0 amide bonds. The number of nitrogens with two attached hydrogens (primary N) is 1. The molecule has 53 heavy (non-hydrogen) atoms. The van der Waals surface area contributed by atoms with Crippen molar-refractivity contribution < 1.29 is 38.7 Å². The minimum absolute atomic E-state index is 0.247. The van der Waals surface area contributed by atoms with Crippen molar-refractivity contribution in [3.8, 4) is 23.0 Å². The van der Waals surface area contributed by atoms with Crippen LogP contribution < -0.4 is 40.6 Å². The lowest BCUT2D eigenvalue weighted by molar-refractivity contribution is -0.161. The molecule has 12 nitrogen and oxygen atoms in total. The Hall–Kier alpha value is -3.91. The van der Waals surface area contributed by atoms with Gasteiger partial charge >= 0.3 is 5.97 Å². The van der Waals surface area contributed by atoms with Gasteiger partial charge in [-0.3, -0.25) is 4.79 Å². The Labute approximate surface area is 313 Å². The van der Waals surface area contributed by atoms with E-state index in [0.717, 1.165) is 71.5 Å². The SMILES string of the molecule is COC(=O)C1C(O)C2(O)c3c(OC)cc(OCCCCNCCCNCCCCNCCCN)cc3OC2(c2ccc(OC)cc2)C1c1ccccc1. The predicted octanol–water partition coefficient (Wildman–Crippen LogP) is 3.57. The molecule has 0 saturated heterocycles. The van der Waals surface area contributed by atoms with Crippen LogP contribution in [0.3, 0.4) is 0 Å². The van der Waals surface area contributed by atoms with Crippen molar-refractivity contribution in [2.24, 2.45) is 11.7 Å². The van der Waals surface area contributed by atoms with Crippen molar-refractivity contribution in [2.45, 2.75) is 61.7 Å². The minimum Gasteiger partial charge on any atom is -0.497 e. The number of nitrogens with one attached hydrogen (secondary N) is 3. The van der Waals surface area contributed by atoms with Gasteiger partial charge in [-0.25, -0.2) is 0 Å². The Morgan fingerprint density at radius 1 is 0.792 bits per heavy atom. The van der Waals surface area contributed by atoms with E-state index in [-0.39, 0.29) is 11.3 Å². The van der Waals surface area contributed by atoms with Gasteiger partial charge < -0.3 is 55.6 Å². The third kappa shape index (κ3) is 8.58. The van der Waals surface area contributed by atoms with E-state index in [1.54, 1.807) is 43.5 Å². The summed E-state index contributed by atoms with van der Waals surface area (Å²) in [6.07, 6.45) is 4.61. The van der Waals surface area contributed by atoms with Crippen LogP contribution in [0.4, 0.5) is 0 Å². The predicted molar refractivity (Wildman–Crippen MR) is 204 cm³/mol. The van der Waals surface area contributed by atoms with E-state index < -0.39 is 35.1 Å². The average molecular weight is 735 g/mol. The summed E-state index contributed by atoms with van der Waals surface area (Å²) in [7, 11) is 4.34. The number of rotatable bonds is 23. The fraction of sp³-hybridized carbons (Fsp3) is 0.537. The van der Waals surface area contributed by atoms with Gasteiger partial charge in [0.05, 0.1) is 39.4 Å². The third-order valence-corrected chi connectivity index (χ3v) is 10.4. The summed E-state index contributed by atoms with van der Waals surface area (Å²) < 4.78 is 29.6. The van der Waals surface area contributed by atoms with Gasteiger partial charge in [0.1, 0.15) is 29.1 Å². The van der Waals surface area contributed by atoms with Gasteiger partial charge in [0, 0.05) is 18.1 Å². The maximum Gasteiger partial charge on any atom is 0.312 e. The summed E-state index contributed by atoms with van der Waals surface area (Å²) in [4.78, 5) is 13.5. The van der Waals surface area contributed by atoms with E-state index in [2.05, 4.69) is 16.0 Å². The van der Waals surface area contributed by atoms with Crippen LogP contribution in [-0.4, -0.2) is 96.0 Å². The molecule has 5 rings (SSSR count). The fourth-order valence-corrected chi connectivity index (χ4v) is 7.85. The molecule has 0 aromatic heterocycles. The first-order valence-corrected chi connectivity index (χ1v) is 18.9. The largest absolute Gasteiger partial charge is 0.497 e. The molecule has 1 saturated carbocycles. The summed E-state index contributed by atoms with van der Waals surface area (Å²) in [5.41, 5.74) is 3.22. The Balaban J connectivity index is 1.24. The molecular weight excluding hydrogens is 676 g/mol. The number of methoxy groups -OCH3 is 3. The van der Waals surface area contributed by atoms with Gasteiger partial charge in [-0.15, -0.1) is 0 Å². The molecule has 1 fully saturated rings. The van der Waals surface area contributed by atoms with Gasteiger partial charge in [0.15, 0.2) is 11.2 Å². The number of esters is 1. The molecule has 0 bridgehead atoms. The average Bonchev–Trinajstić information content (AvgIpc) is 3.57. The summed E-state index contributed by atoms with van der Waals surface area (Å²) >= 11 is 0. The van der Waals surface area contributed by atoms with Crippen LogP contribution in [0, 0.1) is 5.92 Å². The van der Waals surface area contributed by atoms with E-state index in [9.17, 15) is 15.0 Å². The molecule has 2 aliphatic rings. The molecule has 1 aliphatic carbocycles. The topological polar surface area (TPSA) is 166 Å². The second-order valence-electron chi connectivity index (χ2n) is 13.7. The van der Waals surface area contributed by atoms with Crippen LogP contribution in [-0.2, 0) is 20.7 Å². The number of hydrogen-bond donors (Lipinski definition) is 6. The van der Waals surface area contributed by atoms with E-state index in [0.29, 0.717) is 35.0 Å². The van der Waals surface area contributed by atoms with Crippen LogP contribution in [0.2, 0.25) is 0 Å². The maximum atomic E-state index is 13.5. The van der Waals surface area contributed by atoms with E-state index >= 15 is 0 Å². The van der Waals surface area contributed by atoms with Crippen molar-refractivity contribution in [1.82, 2.24) is 16.0 Å². The Bertz CT molecular complexity index is 1580. The molecule has 7 N–H and O–H groups in total. The van der Waals surface area contributed by atoms with Crippen molar-refractivity contribution in [3.63, 3.8) is 0 Å². The quantitative estimate of drug-likeness (QED) is 0.0621. The van der Waals surface area contributed by atoms with E-state index in [1.807, 2.05) is 30.3 Å². The molecule has 290 valence electrons. The number of hydrogen-bond acceptors (Lipinski definition) is 12. The summed E-state index contributed by atoms with van der Waals surface area (Å²) in [5, 5.41) is 35.6. The van der Waals surface area contributed by atoms with Crippen molar-refractivity contribution in [3.05, 3.63) is 83.4 Å². The Kier molecular flexibility index (Phi) is 14.8. The van der Waals surface area contributed by atoms with Gasteiger partial charge in [-0.2, -0.15) is 0 Å². The lowest BCUT2D eigenvalue weighted by Crippen LogP contribution is -2.52. The van der Waals surface area contributed by atoms with Gasteiger partial charge in [0.2, 0.25) is 0 Å². The molecule has 5 atom stereocenters. The number of fused-ring (bicyclic) bond motifs is 3. The number of aliphatic hydroxyl groups is 2. The fourth-order valence-electron chi connectivity index (χ4n) is 7.85. The van der Waals surface area contributed by atoms with Crippen LogP contribution in [0.25, 0.3) is 0 Å². The van der Waals surface area contributed by atoms with Crippen molar-refractivity contribution in [2.75, 3.05) is 73.7 Å². The number of unbranched alkanes of at least 4 members (excludes halogenated alkanes) is 2. The van der Waals surface area contributed by atoms with E-state index in [1.165, 1.54) is 27.1 Å². The van der Waals surface area contributed by atoms with Crippen LogP contribution >= 0.6 is 0 Å². The first-order valence-electron chi connectivity index (χ1n) is 18.9. The smallest absolute Gasteiger partial charge is 0.312 e. The monoisotopic (exact) mass is 734 g/mol. The summed E-state index contributed by atoms with van der Waals surface area (Å²) in [6, 6.07) is 19.8. The molecule has 1 aliphatic heterocycles. The van der Waals surface area contributed by atoms with Crippen LogP contribution in [0.15, 0.2) is 66.7 Å². The van der Waals surface area contributed by atoms with Gasteiger partial charge in [-0.1, -0.05) is 42.5 Å². The highest BCUT2D eigenvalue weighted by molar-refractivity contribution is 5.78. The Morgan fingerprint density at radius 2 is 1.42 bits per heavy atom. The molecule has 3 aromatic carbocycles. The Morgan fingerprint density at radius 3 is 2.02 bits per heavy atom. The maximum absolute atomic E-state index is 13.5. The summed E-state index contributed by atoms with van der Waals surface area (Å²) in [6.45, 7) is 7.15. The highest BCUT2D eigenvalue weighted by Crippen LogP contribution is 2.70. The van der Waals surface area contributed by atoms with Gasteiger partial charge in [-0.05, 0) is 108 Å². The minimum atomic E-state index is -2.12. The normalized spacial score (nSPS) is 22.9. The number of ether oxygens (including phenoxy) is 5. The van der Waals surface area contributed by atoms with Gasteiger partial charge in [0.25, 0.3) is 0 Å². The third-order valence-electron chi connectivity index (χ3n) is 10.4. The zero-order chi connectivity index (χ0) is 37.7. The molecular formula is C41H58N4O8. The standard InChI is InChI=1S/C41H58N4O8/c1-49-31-17-15-30(16-18-31)41-36(29-13-5-4-6-14-29)35(39(47)51-3)38(46)40(41,48)37-33(50-2)27-32(28-34(37)53-41)52-26-10-9-22-45-25-12-24-44-21-8-7-20-43-23-11-19-42/h4-6,13-18,27-28,35-36,38,43-46,48H,7-12,19-26,42H2,1-3H3. The lowest BCUT2D eigenvalue weighted by Gasteiger charge is -2.40. The molecule has 12 heteroatoms. The first-order chi connectivity index (χ1) is 25.9. The van der Waals surface area contributed by atoms with Crippen molar-refractivity contribution >= 4 is 5.97 Å². The molecule has 0 radical (unpaired) electrons. The first kappa shape index (κ1) is 40.3. The van der Waals surface area contributed by atoms with Crippen LogP contribution in [0.1, 0.15) is 61.1 Å². The zero-order valence-corrected chi connectivity index (χ0v) is 31.4. The summed E-state index contributed by atoms with van der Waals surface area (Å²) in [5.74, 6) is -0.989. The number of carbonyl (C=O) groups excluding carboxylic acids is 1. The zero-order valence-electron chi connectivity index (χ0n) is 31.4. The van der Waals surface area contributed by atoms with Crippen LogP contribution in [0.5, 0.6) is 23.0 Å².